The maximum Gasteiger partial charge on any atom is 0.193 e. The van der Waals surface area contributed by atoms with Gasteiger partial charge in [0.25, 0.3) is 0 Å². The Kier molecular flexibility index (Phi) is 5.12. The van der Waals surface area contributed by atoms with E-state index in [4.69, 9.17) is 5.73 Å². The Labute approximate surface area is 123 Å². The van der Waals surface area contributed by atoms with E-state index in [2.05, 4.69) is 27.6 Å². The first-order valence-electron chi connectivity index (χ1n) is 6.68. The van der Waals surface area contributed by atoms with Gasteiger partial charge in [-0.25, -0.2) is 4.98 Å². The molecule has 5 heteroatoms. The number of nitrogens with one attached hydrogen (secondary N) is 1. The van der Waals surface area contributed by atoms with Crippen LogP contribution in [0.25, 0.3) is 0 Å². The third-order valence-electron chi connectivity index (χ3n) is 2.82. The molecular formula is C15H20N4S. The molecule has 0 fully saturated rings. The smallest absolute Gasteiger partial charge is 0.193 e. The molecule has 0 saturated carbocycles. The molecule has 1 aromatic heterocycles. The lowest BCUT2D eigenvalue weighted by atomic mass is 10.2. The molecule has 0 aliphatic heterocycles. The fourth-order valence-corrected chi connectivity index (χ4v) is 2.59. The van der Waals surface area contributed by atoms with Crippen LogP contribution < -0.4 is 11.1 Å². The Morgan fingerprint density at radius 1 is 1.30 bits per heavy atom. The van der Waals surface area contributed by atoms with Gasteiger partial charge in [-0.15, -0.1) is 11.3 Å². The van der Waals surface area contributed by atoms with Gasteiger partial charge in [-0.05, 0) is 32.4 Å². The van der Waals surface area contributed by atoms with Crippen molar-refractivity contribution in [1.29, 1.82) is 0 Å². The minimum absolute atomic E-state index is 0.462. The third kappa shape index (κ3) is 4.66. The molecule has 1 aromatic carbocycles. The minimum Gasteiger partial charge on any atom is -0.370 e. The van der Waals surface area contributed by atoms with E-state index in [-0.39, 0.29) is 0 Å². The fourth-order valence-electron chi connectivity index (χ4n) is 1.77. The molecular weight excluding hydrogens is 268 g/mol. The van der Waals surface area contributed by atoms with Crippen molar-refractivity contribution in [2.24, 2.45) is 10.7 Å². The van der Waals surface area contributed by atoms with Crippen LogP contribution in [0.15, 0.2) is 34.6 Å². The molecule has 0 radical (unpaired) electrons. The van der Waals surface area contributed by atoms with Crippen LogP contribution in [0.4, 0.5) is 5.69 Å². The van der Waals surface area contributed by atoms with Crippen molar-refractivity contribution in [3.63, 3.8) is 0 Å². The highest BCUT2D eigenvalue weighted by molar-refractivity contribution is 7.09. The highest BCUT2D eigenvalue weighted by atomic mass is 32.1. The molecule has 0 spiro atoms. The average Bonchev–Trinajstić information content (AvgIpc) is 2.83. The molecule has 0 unspecified atom stereocenters. The van der Waals surface area contributed by atoms with Crippen molar-refractivity contribution in [2.75, 3.05) is 11.9 Å². The zero-order chi connectivity index (χ0) is 14.4. The number of rotatable bonds is 5. The number of aryl methyl sites for hydroxylation is 3. The zero-order valence-electron chi connectivity index (χ0n) is 11.9. The summed E-state index contributed by atoms with van der Waals surface area (Å²) in [6.07, 6.45) is 1.92. The summed E-state index contributed by atoms with van der Waals surface area (Å²) in [6, 6.07) is 8.08. The van der Waals surface area contributed by atoms with E-state index < -0.39 is 0 Å². The number of guanidine groups is 1. The van der Waals surface area contributed by atoms with Crippen molar-refractivity contribution in [3.05, 3.63) is 45.9 Å². The summed E-state index contributed by atoms with van der Waals surface area (Å²) in [4.78, 5) is 8.75. The summed E-state index contributed by atoms with van der Waals surface area (Å²) in [5, 5.41) is 6.33. The molecule has 20 heavy (non-hydrogen) atoms. The zero-order valence-corrected chi connectivity index (χ0v) is 12.7. The monoisotopic (exact) mass is 288 g/mol. The fraction of sp³-hybridized carbons (Fsp3) is 0.333. The number of thiazole rings is 1. The lowest BCUT2D eigenvalue weighted by Crippen LogP contribution is -2.22. The molecule has 106 valence electrons. The van der Waals surface area contributed by atoms with E-state index in [1.165, 1.54) is 10.6 Å². The van der Waals surface area contributed by atoms with Crippen molar-refractivity contribution in [3.8, 4) is 0 Å². The van der Waals surface area contributed by atoms with E-state index in [9.17, 15) is 0 Å². The summed E-state index contributed by atoms with van der Waals surface area (Å²) in [5.74, 6) is 0.462. The number of aromatic nitrogens is 1. The molecule has 4 nitrogen and oxygen atoms in total. The van der Waals surface area contributed by atoms with Gasteiger partial charge in [0.15, 0.2) is 5.96 Å². The molecule has 1 heterocycles. The summed E-state index contributed by atoms with van der Waals surface area (Å²) >= 11 is 1.71. The van der Waals surface area contributed by atoms with Crippen LogP contribution in [-0.4, -0.2) is 17.5 Å². The van der Waals surface area contributed by atoms with Gasteiger partial charge in [0.2, 0.25) is 0 Å². The largest absolute Gasteiger partial charge is 0.370 e. The summed E-state index contributed by atoms with van der Waals surface area (Å²) < 4.78 is 0. The topological polar surface area (TPSA) is 63.3 Å². The predicted molar refractivity (Wildman–Crippen MR) is 86.5 cm³/mol. The maximum atomic E-state index is 5.85. The maximum absolute atomic E-state index is 5.85. The molecule has 0 bridgehead atoms. The van der Waals surface area contributed by atoms with Crippen LogP contribution in [0.3, 0.4) is 0 Å². The van der Waals surface area contributed by atoms with E-state index in [1.807, 2.05) is 31.2 Å². The number of nitrogens with zero attached hydrogens (tertiary/aromatic N) is 2. The molecule has 0 aliphatic rings. The number of anilines is 1. The Bertz CT molecular complexity index is 572. The number of hydrogen-bond donors (Lipinski definition) is 2. The summed E-state index contributed by atoms with van der Waals surface area (Å²) in [7, 11) is 0. The van der Waals surface area contributed by atoms with Crippen LogP contribution >= 0.6 is 11.3 Å². The average molecular weight is 288 g/mol. The van der Waals surface area contributed by atoms with E-state index in [1.54, 1.807) is 11.3 Å². The second-order valence-electron chi connectivity index (χ2n) is 4.74. The molecule has 0 saturated heterocycles. The second kappa shape index (κ2) is 7.05. The van der Waals surface area contributed by atoms with Gasteiger partial charge >= 0.3 is 0 Å². The van der Waals surface area contributed by atoms with Crippen LogP contribution in [0.5, 0.6) is 0 Å². The Morgan fingerprint density at radius 2 is 2.05 bits per heavy atom. The first-order valence-corrected chi connectivity index (χ1v) is 7.56. The van der Waals surface area contributed by atoms with Gasteiger partial charge in [0.1, 0.15) is 0 Å². The van der Waals surface area contributed by atoms with Crippen LogP contribution in [-0.2, 0) is 6.42 Å². The van der Waals surface area contributed by atoms with Crippen LogP contribution in [0.2, 0.25) is 0 Å². The van der Waals surface area contributed by atoms with Gasteiger partial charge in [0.05, 0.1) is 5.01 Å². The number of nitrogens with two attached hydrogens (primary N) is 1. The van der Waals surface area contributed by atoms with Crippen LogP contribution in [0.1, 0.15) is 22.7 Å². The standard InChI is InChI=1S/C15H20N4S/c1-11-5-7-13(8-6-11)19-15(16)17-9-3-4-14-18-12(2)10-20-14/h5-8,10H,3-4,9H2,1-2H3,(H3,16,17,19). The van der Waals surface area contributed by atoms with Crippen molar-refractivity contribution in [1.82, 2.24) is 4.98 Å². The normalized spacial score (nSPS) is 11.6. The van der Waals surface area contributed by atoms with Crippen molar-refractivity contribution < 1.29 is 0 Å². The molecule has 2 aromatic rings. The lowest BCUT2D eigenvalue weighted by Gasteiger charge is -2.05. The van der Waals surface area contributed by atoms with Gasteiger partial charge < -0.3 is 11.1 Å². The first-order chi connectivity index (χ1) is 9.63. The van der Waals surface area contributed by atoms with Gasteiger partial charge in [-0.1, -0.05) is 17.7 Å². The van der Waals surface area contributed by atoms with Crippen molar-refractivity contribution >= 4 is 23.0 Å². The number of benzene rings is 1. The Morgan fingerprint density at radius 3 is 2.70 bits per heavy atom. The van der Waals surface area contributed by atoms with Crippen LogP contribution in [0, 0.1) is 13.8 Å². The summed E-state index contributed by atoms with van der Waals surface area (Å²) in [6.45, 7) is 4.78. The van der Waals surface area contributed by atoms with E-state index in [0.29, 0.717) is 12.5 Å². The SMILES string of the molecule is Cc1ccc(NC(N)=NCCCc2nc(C)cs2)cc1. The number of aliphatic imine (C=N–C) groups is 1. The molecule has 0 atom stereocenters. The van der Waals surface area contributed by atoms with Gasteiger partial charge in [0, 0.05) is 29.7 Å². The minimum atomic E-state index is 0.462. The Balaban J connectivity index is 1.75. The first kappa shape index (κ1) is 14.5. The molecule has 0 amide bonds. The number of hydrogen-bond acceptors (Lipinski definition) is 3. The second-order valence-corrected chi connectivity index (χ2v) is 5.69. The Hall–Kier alpha value is -1.88. The molecule has 2 rings (SSSR count). The highest BCUT2D eigenvalue weighted by Gasteiger charge is 1.98. The van der Waals surface area contributed by atoms with E-state index >= 15 is 0 Å². The van der Waals surface area contributed by atoms with Crippen molar-refractivity contribution in [2.45, 2.75) is 26.7 Å². The van der Waals surface area contributed by atoms with Gasteiger partial charge in [-0.2, -0.15) is 0 Å². The van der Waals surface area contributed by atoms with E-state index in [0.717, 1.165) is 24.2 Å². The summed E-state index contributed by atoms with van der Waals surface area (Å²) in [5.41, 5.74) is 9.14. The quantitative estimate of drug-likeness (QED) is 0.505. The molecule has 0 aliphatic carbocycles. The third-order valence-corrected chi connectivity index (χ3v) is 3.85. The predicted octanol–water partition coefficient (Wildman–Crippen LogP) is 3.12. The lowest BCUT2D eigenvalue weighted by molar-refractivity contribution is 0.823. The highest BCUT2D eigenvalue weighted by Crippen LogP contribution is 2.11. The van der Waals surface area contributed by atoms with Gasteiger partial charge in [-0.3, -0.25) is 4.99 Å². The molecule has 3 N–H and O–H groups in total.